The smallest absolute Gasteiger partial charge is 0.487 e. The number of halogens is 4. The number of carboxylic acids is 1. The van der Waals surface area contributed by atoms with E-state index in [4.69, 9.17) is 32.0 Å². The van der Waals surface area contributed by atoms with Crippen molar-refractivity contribution in [2.45, 2.75) is 76.4 Å². The molecule has 4 atom stereocenters. The van der Waals surface area contributed by atoms with Crippen LogP contribution in [0.15, 0.2) is 47.7 Å². The number of rotatable bonds is 5. The van der Waals surface area contributed by atoms with Crippen LogP contribution in [-0.4, -0.2) is 56.0 Å². The number of nitrogens with zero attached hydrogens (tertiary/aromatic N) is 3. The number of aliphatic imine (C=N–C) groups is 1. The number of amides is 2. The van der Waals surface area contributed by atoms with E-state index in [-0.39, 0.29) is 42.1 Å². The van der Waals surface area contributed by atoms with Crippen LogP contribution >= 0.6 is 11.6 Å². The lowest BCUT2D eigenvalue weighted by atomic mass is 9.89. The maximum Gasteiger partial charge on any atom is 0.490 e. The number of ether oxygens (including phenoxy) is 1. The SMILES string of the molecule is CC1(C)CC(=O)N([C@@H](c2cccnc2)[C@@H]2C[C@H]2C(=O)NC2CC(C)(C)Oc3cccc(Cl)c32)C(N)=N1.O=C(O)C(F)(F)F. The van der Waals surface area contributed by atoms with E-state index in [1.165, 1.54) is 0 Å². The zero-order chi connectivity index (χ0) is 31.9. The van der Waals surface area contributed by atoms with Crippen LogP contribution in [0.1, 0.15) is 70.2 Å². The summed E-state index contributed by atoms with van der Waals surface area (Å²) in [7, 11) is 0. The topological polar surface area (TPSA) is 147 Å². The summed E-state index contributed by atoms with van der Waals surface area (Å²) < 4.78 is 37.8. The molecule has 1 aliphatic carbocycles. The van der Waals surface area contributed by atoms with Gasteiger partial charge in [-0.1, -0.05) is 23.7 Å². The monoisotopic (exact) mass is 623 g/mol. The van der Waals surface area contributed by atoms with Gasteiger partial charge in [-0.25, -0.2) is 9.79 Å². The van der Waals surface area contributed by atoms with Crippen molar-refractivity contribution in [2.24, 2.45) is 22.6 Å². The van der Waals surface area contributed by atoms with Crippen molar-refractivity contribution in [3.8, 4) is 5.75 Å². The summed E-state index contributed by atoms with van der Waals surface area (Å²) in [6.45, 7) is 7.78. The Hall–Kier alpha value is -3.87. The number of hydrogen-bond acceptors (Lipinski definition) is 7. The van der Waals surface area contributed by atoms with Gasteiger partial charge in [-0.15, -0.1) is 0 Å². The number of pyridine rings is 1. The molecule has 1 fully saturated rings. The molecule has 2 aromatic rings. The fourth-order valence-corrected chi connectivity index (χ4v) is 5.86. The molecule has 0 bridgehead atoms. The number of aliphatic carboxylic acids is 1. The predicted molar refractivity (Wildman–Crippen MR) is 151 cm³/mol. The molecule has 1 aromatic carbocycles. The van der Waals surface area contributed by atoms with E-state index in [0.29, 0.717) is 23.6 Å². The molecule has 5 rings (SSSR count). The second-order valence-corrected chi connectivity index (χ2v) is 12.4. The van der Waals surface area contributed by atoms with Crippen LogP contribution < -0.4 is 15.8 Å². The number of carbonyl (C=O) groups excluding carboxylic acids is 2. The highest BCUT2D eigenvalue weighted by atomic mass is 35.5. The third-order valence-corrected chi connectivity index (χ3v) is 7.73. The number of carboxylic acid groups (broad SMARTS) is 1. The summed E-state index contributed by atoms with van der Waals surface area (Å²) in [6, 6.07) is 8.60. The van der Waals surface area contributed by atoms with Crippen molar-refractivity contribution in [1.82, 2.24) is 15.2 Å². The van der Waals surface area contributed by atoms with Crippen LogP contribution in [0, 0.1) is 11.8 Å². The Morgan fingerprint density at radius 2 is 1.88 bits per heavy atom. The minimum Gasteiger partial charge on any atom is -0.487 e. The van der Waals surface area contributed by atoms with Crippen molar-refractivity contribution in [3.05, 3.63) is 58.9 Å². The van der Waals surface area contributed by atoms with Crippen LogP contribution in [0.4, 0.5) is 13.2 Å². The van der Waals surface area contributed by atoms with Crippen molar-refractivity contribution < 1.29 is 37.4 Å². The summed E-state index contributed by atoms with van der Waals surface area (Å²) in [5.74, 6) is -2.43. The minimum atomic E-state index is -5.08. The molecule has 3 heterocycles. The summed E-state index contributed by atoms with van der Waals surface area (Å²) in [5, 5.41) is 10.9. The standard InChI is InChI=1S/C27H32ClN5O3.C2HF3O2/c1-26(2)13-21(34)33(25(29)32-26)23(15-7-6-10-30-14-15)16-11-17(16)24(35)31-19-12-27(3,4)36-20-9-5-8-18(28)22(19)20;3-2(4,5)1(6)7/h5-10,14,16-17,19,23H,11-13H2,1-4H3,(H2,29,32)(H,31,35);(H,6,7)/t16-,17-,19?,23+;/m1./s1. The zero-order valence-corrected chi connectivity index (χ0v) is 24.7. The zero-order valence-electron chi connectivity index (χ0n) is 24.0. The number of guanidine groups is 1. The highest BCUT2D eigenvalue weighted by Gasteiger charge is 2.53. The summed E-state index contributed by atoms with van der Waals surface area (Å²) >= 11 is 6.52. The van der Waals surface area contributed by atoms with E-state index in [0.717, 1.165) is 11.1 Å². The Kier molecular flexibility index (Phi) is 8.70. The lowest BCUT2D eigenvalue weighted by Crippen LogP contribution is -2.52. The van der Waals surface area contributed by atoms with Gasteiger partial charge in [-0.2, -0.15) is 13.2 Å². The van der Waals surface area contributed by atoms with Crippen LogP contribution in [0.2, 0.25) is 5.02 Å². The molecule has 10 nitrogen and oxygen atoms in total. The molecule has 3 aliphatic rings. The first-order chi connectivity index (χ1) is 19.9. The van der Waals surface area contributed by atoms with Gasteiger partial charge >= 0.3 is 12.1 Å². The molecular weight excluding hydrogens is 591 g/mol. The number of benzene rings is 1. The largest absolute Gasteiger partial charge is 0.490 e. The van der Waals surface area contributed by atoms with Crippen LogP contribution in [0.3, 0.4) is 0 Å². The van der Waals surface area contributed by atoms with E-state index in [2.05, 4.69) is 15.3 Å². The molecule has 0 radical (unpaired) electrons. The van der Waals surface area contributed by atoms with Gasteiger partial charge in [0.15, 0.2) is 5.96 Å². The molecule has 1 unspecified atom stereocenters. The van der Waals surface area contributed by atoms with Gasteiger partial charge in [0.2, 0.25) is 11.8 Å². The summed E-state index contributed by atoms with van der Waals surface area (Å²) in [6.07, 6.45) is -0.188. The van der Waals surface area contributed by atoms with Crippen molar-refractivity contribution >= 4 is 35.3 Å². The number of aromatic nitrogens is 1. The highest BCUT2D eigenvalue weighted by molar-refractivity contribution is 6.31. The third-order valence-electron chi connectivity index (χ3n) is 7.41. The second-order valence-electron chi connectivity index (χ2n) is 12.0. The van der Waals surface area contributed by atoms with Crippen LogP contribution in [0.5, 0.6) is 5.75 Å². The molecule has 0 spiro atoms. The molecular formula is C29H33ClF3N5O5. The lowest BCUT2D eigenvalue weighted by Gasteiger charge is -2.39. The number of nitrogens with one attached hydrogen (secondary N) is 1. The first kappa shape index (κ1) is 32.1. The first-order valence-electron chi connectivity index (χ1n) is 13.6. The Labute approximate surface area is 251 Å². The van der Waals surface area contributed by atoms with Gasteiger partial charge in [0.25, 0.3) is 0 Å². The molecule has 232 valence electrons. The molecule has 0 saturated heterocycles. The fourth-order valence-electron chi connectivity index (χ4n) is 5.57. The molecule has 2 aliphatic heterocycles. The maximum absolute atomic E-state index is 13.5. The van der Waals surface area contributed by atoms with E-state index in [9.17, 15) is 22.8 Å². The highest BCUT2D eigenvalue weighted by Crippen LogP contribution is 2.52. The van der Waals surface area contributed by atoms with Crippen LogP contribution in [0.25, 0.3) is 0 Å². The van der Waals surface area contributed by atoms with Gasteiger partial charge in [0, 0.05) is 35.3 Å². The summed E-state index contributed by atoms with van der Waals surface area (Å²) in [4.78, 5) is 46.0. The van der Waals surface area contributed by atoms with Crippen LogP contribution in [-0.2, 0) is 14.4 Å². The molecule has 4 N–H and O–H groups in total. The van der Waals surface area contributed by atoms with E-state index in [1.807, 2.05) is 58.0 Å². The predicted octanol–water partition coefficient (Wildman–Crippen LogP) is 4.79. The maximum atomic E-state index is 13.5. The van der Waals surface area contributed by atoms with Gasteiger partial charge in [0.05, 0.1) is 24.0 Å². The van der Waals surface area contributed by atoms with Gasteiger partial charge in [0.1, 0.15) is 11.4 Å². The van der Waals surface area contributed by atoms with Crippen molar-refractivity contribution in [3.63, 3.8) is 0 Å². The Morgan fingerprint density at radius 3 is 2.47 bits per heavy atom. The van der Waals surface area contributed by atoms with E-state index >= 15 is 0 Å². The molecule has 2 amide bonds. The van der Waals surface area contributed by atoms with E-state index in [1.54, 1.807) is 17.3 Å². The quantitative estimate of drug-likeness (QED) is 0.434. The molecule has 43 heavy (non-hydrogen) atoms. The average Bonchev–Trinajstić information content (AvgIpc) is 3.66. The number of hydrogen-bond donors (Lipinski definition) is 3. The van der Waals surface area contributed by atoms with Gasteiger partial charge < -0.3 is 20.9 Å². The number of fused-ring (bicyclic) bond motifs is 1. The normalized spacial score (nSPS) is 24.3. The van der Waals surface area contributed by atoms with Gasteiger partial charge in [-0.3, -0.25) is 19.5 Å². The van der Waals surface area contributed by atoms with Gasteiger partial charge in [-0.05, 0) is 63.8 Å². The average molecular weight is 624 g/mol. The number of nitrogens with two attached hydrogens (primary N) is 1. The fraction of sp³-hybridized carbons (Fsp3) is 0.483. The Balaban J connectivity index is 0.000000541. The van der Waals surface area contributed by atoms with Crippen molar-refractivity contribution in [2.75, 3.05) is 0 Å². The molecule has 1 saturated carbocycles. The molecule has 14 heteroatoms. The summed E-state index contributed by atoms with van der Waals surface area (Å²) in [5.41, 5.74) is 6.96. The Morgan fingerprint density at radius 1 is 1.21 bits per heavy atom. The minimum absolute atomic E-state index is 0.0669. The third kappa shape index (κ3) is 7.38. The second kappa shape index (κ2) is 11.7. The number of carbonyl (C=O) groups is 3. The molecule has 1 aromatic heterocycles. The lowest BCUT2D eigenvalue weighted by molar-refractivity contribution is -0.192. The number of alkyl halides is 3. The first-order valence-corrected chi connectivity index (χ1v) is 13.9. The van der Waals surface area contributed by atoms with Crippen molar-refractivity contribution in [1.29, 1.82) is 0 Å². The Bertz CT molecular complexity index is 1430. The van der Waals surface area contributed by atoms with E-state index < -0.39 is 29.3 Å².